The summed E-state index contributed by atoms with van der Waals surface area (Å²) in [7, 11) is 0. The Balaban J connectivity index is 3.63. The van der Waals surface area contributed by atoms with Crippen LogP contribution in [0.15, 0.2) is 0 Å². The summed E-state index contributed by atoms with van der Waals surface area (Å²) in [4.78, 5) is 10.4. The number of ether oxygens (including phenoxy) is 1. The Hall–Kier alpha value is -0.970. The lowest BCUT2D eigenvalue weighted by Crippen LogP contribution is -2.13. The second-order valence-electron chi connectivity index (χ2n) is 2.05. The molecule has 0 rings (SSSR count). The van der Waals surface area contributed by atoms with Crippen LogP contribution in [0.5, 0.6) is 0 Å². The third-order valence-electron chi connectivity index (χ3n) is 1.04. The monoisotopic (exact) mass is 140 g/mol. The van der Waals surface area contributed by atoms with E-state index < -0.39 is 0 Å². The van der Waals surface area contributed by atoms with E-state index in [1.165, 1.54) is 6.92 Å². The quantitative estimate of drug-likeness (QED) is 0.437. The average molecular weight is 140 g/mol. The van der Waals surface area contributed by atoms with E-state index in [1.807, 2.05) is 6.92 Å². The third-order valence-corrected chi connectivity index (χ3v) is 1.04. The molecule has 0 aliphatic carbocycles. The van der Waals surface area contributed by atoms with Crippen molar-refractivity contribution in [2.75, 3.05) is 0 Å². The van der Waals surface area contributed by atoms with Crippen LogP contribution in [-0.2, 0) is 9.53 Å². The van der Waals surface area contributed by atoms with E-state index in [4.69, 9.17) is 11.2 Å². The number of hydrogen-bond acceptors (Lipinski definition) is 2. The zero-order chi connectivity index (χ0) is 7.98. The Morgan fingerprint density at radius 1 is 1.80 bits per heavy atom. The molecule has 0 aromatic rings. The highest BCUT2D eigenvalue weighted by atomic mass is 16.5. The molecule has 0 radical (unpaired) electrons. The van der Waals surface area contributed by atoms with E-state index in [9.17, 15) is 4.79 Å². The van der Waals surface area contributed by atoms with Gasteiger partial charge in [0.25, 0.3) is 0 Å². The number of terminal acetylenes is 1. The Kier molecular flexibility index (Phi) is 4.39. The maximum Gasteiger partial charge on any atom is 0.303 e. The summed E-state index contributed by atoms with van der Waals surface area (Å²) in [6.45, 7) is 3.35. The van der Waals surface area contributed by atoms with Crippen molar-refractivity contribution in [2.45, 2.75) is 32.8 Å². The Morgan fingerprint density at radius 2 is 2.40 bits per heavy atom. The van der Waals surface area contributed by atoms with Gasteiger partial charge in [-0.2, -0.15) is 0 Å². The molecule has 0 N–H and O–H groups in total. The van der Waals surface area contributed by atoms with Crippen LogP contribution in [-0.4, -0.2) is 12.1 Å². The van der Waals surface area contributed by atoms with Gasteiger partial charge in [0.1, 0.15) is 0 Å². The number of hydrogen-bond donors (Lipinski definition) is 0. The minimum Gasteiger partial charge on any atom is -0.449 e. The molecule has 0 aromatic heterocycles. The van der Waals surface area contributed by atoms with Crippen LogP contribution in [0, 0.1) is 12.3 Å². The fourth-order valence-corrected chi connectivity index (χ4v) is 0.639. The predicted molar refractivity (Wildman–Crippen MR) is 39.3 cm³/mol. The molecule has 0 aromatic carbocycles. The van der Waals surface area contributed by atoms with Crippen molar-refractivity contribution >= 4 is 5.97 Å². The predicted octanol–water partition coefficient (Wildman–Crippen LogP) is 1.35. The minimum atomic E-state index is -0.331. The van der Waals surface area contributed by atoms with Crippen molar-refractivity contribution in [3.05, 3.63) is 0 Å². The Bertz CT molecular complexity index is 144. The molecule has 2 nitrogen and oxygen atoms in total. The first-order chi connectivity index (χ1) is 4.70. The maximum atomic E-state index is 10.4. The van der Waals surface area contributed by atoms with E-state index in [-0.39, 0.29) is 12.1 Å². The highest BCUT2D eigenvalue weighted by Gasteiger charge is 2.04. The molecule has 0 saturated heterocycles. The zero-order valence-corrected chi connectivity index (χ0v) is 6.39. The van der Waals surface area contributed by atoms with Crippen LogP contribution in [0.4, 0.5) is 0 Å². The van der Waals surface area contributed by atoms with Gasteiger partial charge >= 0.3 is 5.97 Å². The van der Waals surface area contributed by atoms with Gasteiger partial charge in [-0.3, -0.25) is 4.79 Å². The first-order valence-corrected chi connectivity index (χ1v) is 3.34. The second-order valence-corrected chi connectivity index (χ2v) is 2.05. The molecular formula is C8H12O2. The van der Waals surface area contributed by atoms with Crippen molar-refractivity contribution < 1.29 is 9.53 Å². The van der Waals surface area contributed by atoms with Gasteiger partial charge in [0.05, 0.1) is 0 Å². The largest absolute Gasteiger partial charge is 0.449 e. The van der Waals surface area contributed by atoms with Gasteiger partial charge in [0.2, 0.25) is 0 Å². The molecule has 10 heavy (non-hydrogen) atoms. The van der Waals surface area contributed by atoms with Gasteiger partial charge in [-0.1, -0.05) is 19.3 Å². The van der Waals surface area contributed by atoms with Crippen molar-refractivity contribution in [2.24, 2.45) is 0 Å². The van der Waals surface area contributed by atoms with E-state index in [2.05, 4.69) is 5.92 Å². The first-order valence-electron chi connectivity index (χ1n) is 3.34. The van der Waals surface area contributed by atoms with Crippen LogP contribution >= 0.6 is 0 Å². The second kappa shape index (κ2) is 4.87. The summed E-state index contributed by atoms with van der Waals surface area (Å²) in [5, 5.41) is 0. The molecule has 0 heterocycles. The topological polar surface area (TPSA) is 26.3 Å². The van der Waals surface area contributed by atoms with Crippen molar-refractivity contribution in [3.8, 4) is 12.3 Å². The number of esters is 1. The number of carbonyl (C=O) groups excluding carboxylic acids is 1. The van der Waals surface area contributed by atoms with Crippen LogP contribution in [0.1, 0.15) is 26.7 Å². The summed E-state index contributed by atoms with van der Waals surface area (Å²) >= 11 is 0. The Labute approximate surface area is 61.6 Å². The van der Waals surface area contributed by atoms with Gasteiger partial charge in [0, 0.05) is 6.92 Å². The molecule has 0 saturated carbocycles. The smallest absolute Gasteiger partial charge is 0.303 e. The fourth-order valence-electron chi connectivity index (χ4n) is 0.639. The van der Waals surface area contributed by atoms with Crippen molar-refractivity contribution in [1.82, 2.24) is 0 Å². The Morgan fingerprint density at radius 3 is 2.70 bits per heavy atom. The molecule has 0 bridgehead atoms. The van der Waals surface area contributed by atoms with Crippen LogP contribution in [0.25, 0.3) is 0 Å². The lowest BCUT2D eigenvalue weighted by Gasteiger charge is -2.07. The van der Waals surface area contributed by atoms with Crippen LogP contribution < -0.4 is 0 Å². The third kappa shape index (κ3) is 3.96. The van der Waals surface area contributed by atoms with E-state index >= 15 is 0 Å². The summed E-state index contributed by atoms with van der Waals surface area (Å²) in [6, 6.07) is 0. The normalized spacial score (nSPS) is 11.7. The molecule has 0 aliphatic rings. The molecule has 56 valence electrons. The lowest BCUT2D eigenvalue weighted by atomic mass is 10.2. The van der Waals surface area contributed by atoms with Gasteiger partial charge in [-0.25, -0.2) is 0 Å². The van der Waals surface area contributed by atoms with E-state index in [0.29, 0.717) is 0 Å². The van der Waals surface area contributed by atoms with Crippen LogP contribution in [0.3, 0.4) is 0 Å². The van der Waals surface area contributed by atoms with Crippen molar-refractivity contribution in [3.63, 3.8) is 0 Å². The zero-order valence-electron chi connectivity index (χ0n) is 6.39. The molecule has 0 fully saturated rings. The maximum absolute atomic E-state index is 10.4. The fraction of sp³-hybridized carbons (Fsp3) is 0.625. The molecular weight excluding hydrogens is 128 g/mol. The SMILES string of the molecule is C#C[C@H](CCC)OC(C)=O. The standard InChI is InChI=1S/C8H12O2/c1-4-6-8(5-2)10-7(3)9/h2,8H,4,6H2,1,3H3/t8-/m1/s1. The van der Waals surface area contributed by atoms with Gasteiger partial charge in [-0.15, -0.1) is 6.42 Å². The minimum absolute atomic E-state index is 0.309. The summed E-state index contributed by atoms with van der Waals surface area (Å²) in [5.41, 5.74) is 0. The molecule has 0 amide bonds. The number of rotatable bonds is 3. The lowest BCUT2D eigenvalue weighted by molar-refractivity contribution is -0.143. The highest BCUT2D eigenvalue weighted by Crippen LogP contribution is 2.00. The van der Waals surface area contributed by atoms with Gasteiger partial charge in [-0.05, 0) is 6.42 Å². The van der Waals surface area contributed by atoms with Gasteiger partial charge < -0.3 is 4.74 Å². The summed E-state index contributed by atoms with van der Waals surface area (Å²) in [6.07, 6.45) is 6.43. The van der Waals surface area contributed by atoms with E-state index in [1.54, 1.807) is 0 Å². The van der Waals surface area contributed by atoms with Gasteiger partial charge in [0.15, 0.2) is 6.10 Å². The first kappa shape index (κ1) is 9.03. The number of carbonyl (C=O) groups is 1. The summed E-state index contributed by atoms with van der Waals surface area (Å²) in [5.74, 6) is 2.08. The molecule has 0 spiro atoms. The van der Waals surface area contributed by atoms with E-state index in [0.717, 1.165) is 12.8 Å². The molecule has 1 atom stereocenters. The average Bonchev–Trinajstić information content (AvgIpc) is 1.86. The summed E-state index contributed by atoms with van der Waals surface area (Å²) < 4.78 is 4.76. The molecule has 0 unspecified atom stereocenters. The highest BCUT2D eigenvalue weighted by molar-refractivity contribution is 5.66. The van der Waals surface area contributed by atoms with Crippen LogP contribution in [0.2, 0.25) is 0 Å². The van der Waals surface area contributed by atoms with Crippen molar-refractivity contribution in [1.29, 1.82) is 0 Å². The molecule has 2 heteroatoms. The molecule has 0 aliphatic heterocycles.